The van der Waals surface area contributed by atoms with Crippen molar-refractivity contribution in [2.75, 3.05) is 48.8 Å². The van der Waals surface area contributed by atoms with Crippen molar-refractivity contribution in [2.45, 2.75) is 18.9 Å². The first-order chi connectivity index (χ1) is 7.43. The lowest BCUT2D eigenvalue weighted by Crippen LogP contribution is -2.38. The van der Waals surface area contributed by atoms with Crippen LogP contribution in [0, 0.1) is 5.92 Å². The molecule has 102 valence electrons. The lowest BCUT2D eigenvalue weighted by atomic mass is 10.2. The number of guanidine groups is 1. The van der Waals surface area contributed by atoms with Crippen LogP contribution in [0.25, 0.3) is 0 Å². The summed E-state index contributed by atoms with van der Waals surface area (Å²) in [5, 5.41) is 0. The van der Waals surface area contributed by atoms with E-state index in [1.165, 1.54) is 12.8 Å². The Morgan fingerprint density at radius 1 is 1.06 bits per heavy atom. The minimum atomic E-state index is 0. The fourth-order valence-electron chi connectivity index (χ4n) is 2.07. The van der Waals surface area contributed by atoms with Crippen LogP contribution in [0.1, 0.15) is 12.8 Å². The number of aliphatic imine (C=N–C) groups is 1. The van der Waals surface area contributed by atoms with Crippen molar-refractivity contribution >= 4 is 29.9 Å². The Hall–Kier alpha value is -0.0400. The maximum absolute atomic E-state index is 4.73. The van der Waals surface area contributed by atoms with E-state index >= 15 is 0 Å². The van der Waals surface area contributed by atoms with Crippen LogP contribution in [-0.2, 0) is 0 Å². The number of halogens is 1. The lowest BCUT2D eigenvalue weighted by molar-refractivity contribution is 0.270. The SMILES string of the molecule is CN(C)C(=NCC(C1CC1)N(C)C)N(C)C.I. The monoisotopic (exact) mass is 354 g/mol. The van der Waals surface area contributed by atoms with Crippen LogP contribution in [-0.4, -0.2) is 75.5 Å². The van der Waals surface area contributed by atoms with Gasteiger partial charge in [0.15, 0.2) is 5.96 Å². The predicted molar refractivity (Wildman–Crippen MR) is 85.3 cm³/mol. The highest BCUT2D eigenvalue weighted by Crippen LogP contribution is 2.34. The zero-order valence-corrected chi connectivity index (χ0v) is 14.3. The van der Waals surface area contributed by atoms with Gasteiger partial charge in [-0.2, -0.15) is 0 Å². The van der Waals surface area contributed by atoms with Crippen molar-refractivity contribution in [3.05, 3.63) is 0 Å². The van der Waals surface area contributed by atoms with Crippen molar-refractivity contribution in [3.63, 3.8) is 0 Å². The van der Waals surface area contributed by atoms with E-state index in [2.05, 4.69) is 28.8 Å². The zero-order chi connectivity index (χ0) is 12.3. The van der Waals surface area contributed by atoms with E-state index in [9.17, 15) is 0 Å². The molecular formula is C12H27IN4. The van der Waals surface area contributed by atoms with Gasteiger partial charge in [-0.25, -0.2) is 0 Å². The van der Waals surface area contributed by atoms with E-state index in [0.29, 0.717) is 6.04 Å². The Bertz CT molecular complexity index is 235. The molecule has 1 aliphatic rings. The van der Waals surface area contributed by atoms with Crippen molar-refractivity contribution < 1.29 is 0 Å². The summed E-state index contributed by atoms with van der Waals surface area (Å²) in [6.07, 6.45) is 2.75. The minimum Gasteiger partial charge on any atom is -0.349 e. The first kappa shape index (κ1) is 17.0. The summed E-state index contributed by atoms with van der Waals surface area (Å²) >= 11 is 0. The quantitative estimate of drug-likeness (QED) is 0.433. The number of rotatable bonds is 4. The normalized spacial score (nSPS) is 16.2. The highest BCUT2D eigenvalue weighted by molar-refractivity contribution is 14.0. The summed E-state index contributed by atoms with van der Waals surface area (Å²) < 4.78 is 0. The molecule has 5 heteroatoms. The van der Waals surface area contributed by atoms with Gasteiger partial charge in [0.05, 0.1) is 6.54 Å². The summed E-state index contributed by atoms with van der Waals surface area (Å²) in [6, 6.07) is 0.606. The van der Waals surface area contributed by atoms with Crippen molar-refractivity contribution in [1.82, 2.24) is 14.7 Å². The highest BCUT2D eigenvalue weighted by atomic mass is 127. The number of likely N-dealkylation sites (N-methyl/N-ethyl adjacent to an activating group) is 1. The van der Waals surface area contributed by atoms with E-state index in [-0.39, 0.29) is 24.0 Å². The second-order valence-electron chi connectivity index (χ2n) is 5.30. The summed E-state index contributed by atoms with van der Waals surface area (Å²) in [7, 11) is 12.5. The average Bonchev–Trinajstić information content (AvgIpc) is 2.93. The third kappa shape index (κ3) is 5.42. The molecule has 0 aromatic rings. The van der Waals surface area contributed by atoms with Gasteiger partial charge in [-0.1, -0.05) is 0 Å². The Morgan fingerprint density at radius 3 is 1.82 bits per heavy atom. The second-order valence-corrected chi connectivity index (χ2v) is 5.30. The van der Waals surface area contributed by atoms with Gasteiger partial charge in [0, 0.05) is 34.2 Å². The largest absolute Gasteiger partial charge is 0.349 e. The third-order valence-electron chi connectivity index (χ3n) is 3.05. The molecule has 17 heavy (non-hydrogen) atoms. The zero-order valence-electron chi connectivity index (χ0n) is 12.0. The number of nitrogens with zero attached hydrogens (tertiary/aromatic N) is 4. The van der Waals surface area contributed by atoms with Gasteiger partial charge >= 0.3 is 0 Å². The lowest BCUT2D eigenvalue weighted by Gasteiger charge is -2.26. The topological polar surface area (TPSA) is 22.1 Å². The Labute approximate surface area is 123 Å². The molecule has 1 fully saturated rings. The van der Waals surface area contributed by atoms with Gasteiger partial charge in [0.25, 0.3) is 0 Å². The predicted octanol–water partition coefficient (Wildman–Crippen LogP) is 1.42. The molecule has 0 radical (unpaired) electrons. The molecule has 0 aliphatic heterocycles. The standard InChI is InChI=1S/C12H26N4.HI/c1-14(2)11(10-7-8-10)9-13-12(15(3)4)16(5)6;/h10-11H,7-9H2,1-6H3;1H. The van der Waals surface area contributed by atoms with Crippen molar-refractivity contribution in [1.29, 1.82) is 0 Å². The Kier molecular flexibility index (Phi) is 7.39. The molecule has 0 amide bonds. The summed E-state index contributed by atoms with van der Waals surface area (Å²) in [5.41, 5.74) is 0. The molecule has 0 bridgehead atoms. The van der Waals surface area contributed by atoms with Gasteiger partial charge in [-0.15, -0.1) is 24.0 Å². The van der Waals surface area contributed by atoms with Crippen molar-refractivity contribution in [2.24, 2.45) is 10.9 Å². The first-order valence-electron chi connectivity index (χ1n) is 5.99. The maximum atomic E-state index is 4.73. The Balaban J connectivity index is 0.00000256. The van der Waals surface area contributed by atoms with E-state index in [0.717, 1.165) is 18.4 Å². The molecule has 1 aliphatic carbocycles. The second kappa shape index (κ2) is 7.41. The molecule has 1 unspecified atom stereocenters. The van der Waals surface area contributed by atoms with Gasteiger partial charge in [0.1, 0.15) is 0 Å². The van der Waals surface area contributed by atoms with Crippen LogP contribution >= 0.6 is 24.0 Å². The maximum Gasteiger partial charge on any atom is 0.195 e. The van der Waals surface area contributed by atoms with Crippen LogP contribution in [0.3, 0.4) is 0 Å². The molecule has 0 saturated heterocycles. The van der Waals surface area contributed by atoms with Gasteiger partial charge in [0.2, 0.25) is 0 Å². The molecule has 0 spiro atoms. The molecule has 0 N–H and O–H groups in total. The smallest absolute Gasteiger partial charge is 0.195 e. The molecule has 0 heterocycles. The van der Waals surface area contributed by atoms with E-state index < -0.39 is 0 Å². The third-order valence-corrected chi connectivity index (χ3v) is 3.05. The van der Waals surface area contributed by atoms with Gasteiger partial charge < -0.3 is 14.7 Å². The van der Waals surface area contributed by atoms with Crippen LogP contribution in [0.2, 0.25) is 0 Å². The average molecular weight is 354 g/mol. The number of hydrogen-bond acceptors (Lipinski definition) is 2. The van der Waals surface area contributed by atoms with Crippen molar-refractivity contribution in [3.8, 4) is 0 Å². The molecule has 1 rings (SSSR count). The summed E-state index contributed by atoms with van der Waals surface area (Å²) in [6.45, 7) is 0.906. The van der Waals surface area contributed by atoms with Gasteiger partial charge in [-0.3, -0.25) is 4.99 Å². The van der Waals surface area contributed by atoms with E-state index in [1.54, 1.807) is 0 Å². The molecule has 4 nitrogen and oxygen atoms in total. The molecule has 0 aromatic carbocycles. The fraction of sp³-hybridized carbons (Fsp3) is 0.917. The van der Waals surface area contributed by atoms with Crippen LogP contribution in [0.4, 0.5) is 0 Å². The van der Waals surface area contributed by atoms with Crippen LogP contribution in [0.5, 0.6) is 0 Å². The fourth-order valence-corrected chi connectivity index (χ4v) is 2.07. The van der Waals surface area contributed by atoms with Crippen LogP contribution in [0.15, 0.2) is 4.99 Å². The first-order valence-corrected chi connectivity index (χ1v) is 5.99. The summed E-state index contributed by atoms with van der Waals surface area (Å²) in [5.74, 6) is 1.91. The molecule has 0 aromatic heterocycles. The summed E-state index contributed by atoms with van der Waals surface area (Å²) in [4.78, 5) is 11.2. The molecule has 1 saturated carbocycles. The minimum absolute atomic E-state index is 0. The van der Waals surface area contributed by atoms with Crippen LogP contribution < -0.4 is 0 Å². The number of hydrogen-bond donors (Lipinski definition) is 0. The van der Waals surface area contributed by atoms with E-state index in [1.807, 2.05) is 28.2 Å². The van der Waals surface area contributed by atoms with Gasteiger partial charge in [-0.05, 0) is 32.9 Å². The highest BCUT2D eigenvalue weighted by Gasteiger charge is 2.32. The Morgan fingerprint density at radius 2 is 1.53 bits per heavy atom. The van der Waals surface area contributed by atoms with E-state index in [4.69, 9.17) is 4.99 Å². The molecular weight excluding hydrogens is 327 g/mol. The molecule has 1 atom stereocenters.